The van der Waals surface area contributed by atoms with Crippen molar-refractivity contribution in [2.75, 3.05) is 20.1 Å². The van der Waals surface area contributed by atoms with Gasteiger partial charge in [-0.1, -0.05) is 6.92 Å². The molecule has 0 heterocycles. The van der Waals surface area contributed by atoms with Crippen molar-refractivity contribution in [2.45, 2.75) is 32.2 Å². The van der Waals surface area contributed by atoms with E-state index >= 15 is 0 Å². The van der Waals surface area contributed by atoms with E-state index in [1.807, 2.05) is 6.92 Å². The Balaban J connectivity index is 4.37. The van der Waals surface area contributed by atoms with Gasteiger partial charge >= 0.3 is 18.0 Å². The summed E-state index contributed by atoms with van der Waals surface area (Å²) in [6.07, 6.45) is 0.155. The Morgan fingerprint density at radius 3 is 2.29 bits per heavy atom. The summed E-state index contributed by atoms with van der Waals surface area (Å²) in [6, 6.07) is -2.06. The molecule has 0 fully saturated rings. The molecule has 0 aliphatic heterocycles. The quantitative estimate of drug-likeness (QED) is 0.452. The average molecular weight is 303 g/mol. The number of nitrogens with one attached hydrogen (secondary N) is 2. The van der Waals surface area contributed by atoms with Gasteiger partial charge in [0.25, 0.3) is 0 Å². The van der Waals surface area contributed by atoms with Crippen molar-refractivity contribution >= 4 is 23.9 Å². The molecule has 4 N–H and O–H groups in total. The largest absolute Gasteiger partial charge is 0.481 e. The summed E-state index contributed by atoms with van der Waals surface area (Å²) in [6.45, 7) is 2.17. The number of hydrogen-bond donors (Lipinski definition) is 4. The second-order valence-electron chi connectivity index (χ2n) is 4.48. The monoisotopic (exact) mass is 303 g/mol. The highest BCUT2D eigenvalue weighted by atomic mass is 16.4. The molecule has 0 aromatic rings. The molecule has 0 aromatic carbocycles. The van der Waals surface area contributed by atoms with E-state index in [1.54, 1.807) is 0 Å². The van der Waals surface area contributed by atoms with Crippen LogP contribution in [0.3, 0.4) is 0 Å². The van der Waals surface area contributed by atoms with Gasteiger partial charge in [-0.15, -0.1) is 0 Å². The lowest BCUT2D eigenvalue weighted by Gasteiger charge is -2.20. The highest BCUT2D eigenvalue weighted by Gasteiger charge is 2.23. The molecule has 0 saturated heterocycles. The molecular weight excluding hydrogens is 282 g/mol. The summed E-state index contributed by atoms with van der Waals surface area (Å²) in [5.41, 5.74) is 0. The van der Waals surface area contributed by atoms with E-state index in [0.29, 0.717) is 6.54 Å². The first-order valence-electron chi connectivity index (χ1n) is 6.50. The third-order valence-corrected chi connectivity index (χ3v) is 2.54. The van der Waals surface area contributed by atoms with Crippen molar-refractivity contribution in [1.29, 1.82) is 0 Å². The molecule has 0 unspecified atom stereocenters. The van der Waals surface area contributed by atoms with E-state index in [0.717, 1.165) is 11.3 Å². The molecule has 0 aromatic heterocycles. The van der Waals surface area contributed by atoms with Gasteiger partial charge in [-0.25, -0.2) is 9.59 Å². The Labute approximate surface area is 122 Å². The van der Waals surface area contributed by atoms with Crippen LogP contribution in [0.15, 0.2) is 0 Å². The van der Waals surface area contributed by atoms with Gasteiger partial charge in [0.05, 0.1) is 0 Å². The molecule has 0 saturated carbocycles. The number of hydrogen-bond acceptors (Lipinski definition) is 4. The van der Waals surface area contributed by atoms with Gasteiger partial charge in [-0.05, 0) is 12.8 Å². The molecule has 0 aliphatic rings. The first kappa shape index (κ1) is 18.7. The first-order chi connectivity index (χ1) is 9.77. The van der Waals surface area contributed by atoms with Crippen LogP contribution >= 0.6 is 0 Å². The molecule has 1 atom stereocenters. The van der Waals surface area contributed by atoms with E-state index in [1.165, 1.54) is 7.05 Å². The number of urea groups is 1. The standard InChI is InChI=1S/C12H21N3O6/c1-3-6-13-9(16)7-15(2)12(21)14-8(11(19)20)4-5-10(17)18/h8H,3-7H2,1-2H3,(H,13,16)(H,14,21)(H,17,18)(H,19,20)/t8-/m0/s1. The van der Waals surface area contributed by atoms with Crippen molar-refractivity contribution in [3.8, 4) is 0 Å². The van der Waals surface area contributed by atoms with Crippen LogP contribution in [0.1, 0.15) is 26.2 Å². The minimum Gasteiger partial charge on any atom is -0.481 e. The zero-order chi connectivity index (χ0) is 16.4. The van der Waals surface area contributed by atoms with E-state index in [-0.39, 0.29) is 25.3 Å². The fourth-order valence-electron chi connectivity index (χ4n) is 1.39. The topological polar surface area (TPSA) is 136 Å². The maximum Gasteiger partial charge on any atom is 0.326 e. The fraction of sp³-hybridized carbons (Fsp3) is 0.667. The summed E-state index contributed by atoms with van der Waals surface area (Å²) in [7, 11) is 1.34. The van der Waals surface area contributed by atoms with Crippen molar-refractivity contribution in [3.05, 3.63) is 0 Å². The van der Waals surface area contributed by atoms with Crippen LogP contribution in [0.2, 0.25) is 0 Å². The molecule has 120 valence electrons. The maximum atomic E-state index is 11.7. The Hall–Kier alpha value is -2.32. The second kappa shape index (κ2) is 9.56. The van der Waals surface area contributed by atoms with E-state index < -0.39 is 24.0 Å². The number of carboxylic acids is 2. The molecular formula is C12H21N3O6. The van der Waals surface area contributed by atoms with Crippen LogP contribution in [-0.2, 0) is 14.4 Å². The number of rotatable bonds is 9. The van der Waals surface area contributed by atoms with Gasteiger partial charge in [0.2, 0.25) is 5.91 Å². The molecule has 0 radical (unpaired) electrons. The van der Waals surface area contributed by atoms with Gasteiger partial charge in [0, 0.05) is 20.0 Å². The molecule has 3 amide bonds. The average Bonchev–Trinajstić information content (AvgIpc) is 2.40. The molecule has 0 aliphatic carbocycles. The Kier molecular flexibility index (Phi) is 8.51. The summed E-state index contributed by atoms with van der Waals surface area (Å²) in [5.74, 6) is -2.83. The highest BCUT2D eigenvalue weighted by Crippen LogP contribution is 1.99. The summed E-state index contributed by atoms with van der Waals surface area (Å²) < 4.78 is 0. The highest BCUT2D eigenvalue weighted by molar-refractivity contribution is 5.86. The molecule has 21 heavy (non-hydrogen) atoms. The zero-order valence-corrected chi connectivity index (χ0v) is 12.1. The SMILES string of the molecule is CCCNC(=O)CN(C)C(=O)N[C@@H](CCC(=O)O)C(=O)O. The molecule has 9 heteroatoms. The van der Waals surface area contributed by atoms with Gasteiger partial charge in [-0.3, -0.25) is 9.59 Å². The number of amides is 3. The van der Waals surface area contributed by atoms with Crippen molar-refractivity contribution < 1.29 is 29.4 Å². The zero-order valence-electron chi connectivity index (χ0n) is 12.1. The lowest BCUT2D eigenvalue weighted by molar-refractivity contribution is -0.140. The molecule has 0 bridgehead atoms. The lowest BCUT2D eigenvalue weighted by atomic mass is 10.1. The van der Waals surface area contributed by atoms with Crippen molar-refractivity contribution in [1.82, 2.24) is 15.5 Å². The van der Waals surface area contributed by atoms with Gasteiger partial charge in [0.1, 0.15) is 12.6 Å². The predicted octanol–water partition coefficient (Wildman–Crippen LogP) is -0.528. The fourth-order valence-corrected chi connectivity index (χ4v) is 1.39. The van der Waals surface area contributed by atoms with Crippen molar-refractivity contribution in [3.63, 3.8) is 0 Å². The Morgan fingerprint density at radius 2 is 1.81 bits per heavy atom. The second-order valence-corrected chi connectivity index (χ2v) is 4.48. The van der Waals surface area contributed by atoms with Gasteiger partial charge < -0.3 is 25.7 Å². The number of nitrogens with zero attached hydrogens (tertiary/aromatic N) is 1. The van der Waals surface area contributed by atoms with Crippen molar-refractivity contribution in [2.24, 2.45) is 0 Å². The minimum atomic E-state index is -1.33. The Morgan fingerprint density at radius 1 is 1.19 bits per heavy atom. The van der Waals surface area contributed by atoms with E-state index in [4.69, 9.17) is 10.2 Å². The van der Waals surface area contributed by atoms with Gasteiger partial charge in [0.15, 0.2) is 0 Å². The van der Waals surface area contributed by atoms with Crippen LogP contribution in [0.25, 0.3) is 0 Å². The van der Waals surface area contributed by atoms with Crippen LogP contribution in [0.4, 0.5) is 4.79 Å². The molecule has 9 nitrogen and oxygen atoms in total. The molecule has 0 spiro atoms. The summed E-state index contributed by atoms with van der Waals surface area (Å²) in [5, 5.41) is 22.2. The smallest absolute Gasteiger partial charge is 0.326 e. The number of carboxylic acid groups (broad SMARTS) is 2. The number of carbonyl (C=O) groups excluding carboxylic acids is 2. The minimum absolute atomic E-state index is 0.211. The summed E-state index contributed by atoms with van der Waals surface area (Å²) >= 11 is 0. The predicted molar refractivity (Wildman–Crippen MR) is 72.8 cm³/mol. The number of carbonyl (C=O) groups is 4. The normalized spacial score (nSPS) is 11.3. The lowest BCUT2D eigenvalue weighted by Crippen LogP contribution is -2.49. The van der Waals surface area contributed by atoms with E-state index in [9.17, 15) is 19.2 Å². The van der Waals surface area contributed by atoms with E-state index in [2.05, 4.69) is 10.6 Å². The number of aliphatic carboxylic acids is 2. The third-order valence-electron chi connectivity index (χ3n) is 2.54. The van der Waals surface area contributed by atoms with Crippen LogP contribution in [0.5, 0.6) is 0 Å². The van der Waals surface area contributed by atoms with Crippen LogP contribution < -0.4 is 10.6 Å². The Bertz CT molecular complexity index is 398. The molecule has 0 rings (SSSR count). The maximum absolute atomic E-state index is 11.7. The number of likely N-dealkylation sites (N-methyl/N-ethyl adjacent to an activating group) is 1. The summed E-state index contributed by atoms with van der Waals surface area (Å²) in [4.78, 5) is 45.5. The first-order valence-corrected chi connectivity index (χ1v) is 6.50. The van der Waals surface area contributed by atoms with Crippen LogP contribution in [0, 0.1) is 0 Å². The third kappa shape index (κ3) is 8.45. The van der Waals surface area contributed by atoms with Crippen LogP contribution in [-0.4, -0.2) is 65.2 Å². The van der Waals surface area contributed by atoms with Gasteiger partial charge in [-0.2, -0.15) is 0 Å².